The molecule has 0 bridgehead atoms. The van der Waals surface area contributed by atoms with Gasteiger partial charge < -0.3 is 5.11 Å². The highest BCUT2D eigenvalue weighted by Crippen LogP contribution is 2.28. The summed E-state index contributed by atoms with van der Waals surface area (Å²) in [6.07, 6.45) is 1.92. The molecule has 100 valence electrons. The molecule has 1 heterocycles. The number of hydrogen-bond donors (Lipinski definition) is 1. The summed E-state index contributed by atoms with van der Waals surface area (Å²) in [7, 11) is 0. The predicted octanol–water partition coefficient (Wildman–Crippen LogP) is 3.45. The third kappa shape index (κ3) is 2.52. The van der Waals surface area contributed by atoms with Gasteiger partial charge in [-0.25, -0.2) is 4.79 Å². The van der Waals surface area contributed by atoms with Crippen LogP contribution in [-0.4, -0.2) is 20.9 Å². The van der Waals surface area contributed by atoms with Crippen molar-refractivity contribution >= 4 is 5.97 Å². The number of benzene rings is 1. The van der Waals surface area contributed by atoms with Gasteiger partial charge in [0.2, 0.25) is 0 Å². The van der Waals surface area contributed by atoms with Crippen LogP contribution >= 0.6 is 0 Å². The molecule has 2 rings (SSSR count). The van der Waals surface area contributed by atoms with Crippen molar-refractivity contribution in [3.63, 3.8) is 0 Å². The Morgan fingerprint density at radius 2 is 1.95 bits per heavy atom. The van der Waals surface area contributed by atoms with Gasteiger partial charge in [0.1, 0.15) is 0 Å². The molecule has 0 amide bonds. The highest BCUT2D eigenvalue weighted by Gasteiger charge is 2.16. The Morgan fingerprint density at radius 3 is 2.47 bits per heavy atom. The molecule has 1 N–H and O–H groups in total. The normalized spacial score (nSPS) is 11.0. The minimum absolute atomic E-state index is 0.255. The van der Waals surface area contributed by atoms with E-state index in [0.29, 0.717) is 5.56 Å². The van der Waals surface area contributed by atoms with E-state index < -0.39 is 5.97 Å². The molecule has 1 aromatic heterocycles. The quantitative estimate of drug-likeness (QED) is 0.917. The molecule has 0 aliphatic rings. The monoisotopic (exact) mass is 258 g/mol. The van der Waals surface area contributed by atoms with E-state index in [1.165, 1.54) is 0 Å². The van der Waals surface area contributed by atoms with E-state index in [4.69, 9.17) is 0 Å². The fourth-order valence-electron chi connectivity index (χ4n) is 2.08. The van der Waals surface area contributed by atoms with Crippen molar-refractivity contribution in [3.05, 3.63) is 41.2 Å². The van der Waals surface area contributed by atoms with Gasteiger partial charge in [0.05, 0.1) is 11.3 Å². The molecule has 0 unspecified atom stereocenters. The minimum Gasteiger partial charge on any atom is -0.478 e. The Bertz CT molecular complexity index is 627. The lowest BCUT2D eigenvalue weighted by atomic mass is 9.98. The van der Waals surface area contributed by atoms with E-state index in [9.17, 15) is 9.90 Å². The number of aromatic nitrogens is 2. The van der Waals surface area contributed by atoms with Crippen molar-refractivity contribution in [2.45, 2.75) is 33.7 Å². The fourth-order valence-corrected chi connectivity index (χ4v) is 2.08. The second-order valence-electron chi connectivity index (χ2n) is 5.06. The number of aromatic carboxylic acids is 1. The first-order valence-corrected chi connectivity index (χ1v) is 6.30. The predicted molar refractivity (Wildman–Crippen MR) is 74.5 cm³/mol. The third-order valence-electron chi connectivity index (χ3n) is 3.14. The molecule has 4 nitrogen and oxygen atoms in total. The van der Waals surface area contributed by atoms with E-state index in [0.717, 1.165) is 22.4 Å². The molecule has 0 radical (unpaired) electrons. The molecule has 0 saturated heterocycles. The van der Waals surface area contributed by atoms with Gasteiger partial charge in [-0.15, -0.1) is 0 Å². The van der Waals surface area contributed by atoms with Crippen LogP contribution in [0.25, 0.3) is 11.1 Å². The van der Waals surface area contributed by atoms with Gasteiger partial charge in [0, 0.05) is 17.8 Å². The number of carboxylic acid groups (broad SMARTS) is 1. The Hall–Kier alpha value is -2.10. The first-order chi connectivity index (χ1) is 8.90. The molecular weight excluding hydrogens is 240 g/mol. The SMILES string of the molecule is Cc1ccc(C(=O)O)c(-c2cn(C(C)C)nc2C)c1. The molecule has 0 aliphatic carbocycles. The van der Waals surface area contributed by atoms with Crippen molar-refractivity contribution in [1.29, 1.82) is 0 Å². The van der Waals surface area contributed by atoms with Crippen LogP contribution in [0.3, 0.4) is 0 Å². The van der Waals surface area contributed by atoms with Gasteiger partial charge in [-0.3, -0.25) is 4.68 Å². The van der Waals surface area contributed by atoms with Gasteiger partial charge in [0.15, 0.2) is 0 Å². The van der Waals surface area contributed by atoms with E-state index in [2.05, 4.69) is 5.10 Å². The van der Waals surface area contributed by atoms with Gasteiger partial charge in [-0.2, -0.15) is 5.10 Å². The van der Waals surface area contributed by atoms with Crippen molar-refractivity contribution < 1.29 is 9.90 Å². The van der Waals surface area contributed by atoms with Gasteiger partial charge in [-0.05, 0) is 39.3 Å². The summed E-state index contributed by atoms with van der Waals surface area (Å²) in [6.45, 7) is 7.95. The van der Waals surface area contributed by atoms with E-state index in [1.54, 1.807) is 6.07 Å². The summed E-state index contributed by atoms with van der Waals surface area (Å²) in [6, 6.07) is 5.62. The minimum atomic E-state index is -0.910. The van der Waals surface area contributed by atoms with Crippen molar-refractivity contribution in [2.75, 3.05) is 0 Å². The first-order valence-electron chi connectivity index (χ1n) is 6.30. The molecular formula is C15H18N2O2. The lowest BCUT2D eigenvalue weighted by molar-refractivity contribution is 0.0698. The number of hydrogen-bond acceptors (Lipinski definition) is 2. The van der Waals surface area contributed by atoms with Crippen LogP contribution in [0.2, 0.25) is 0 Å². The number of rotatable bonds is 3. The van der Waals surface area contributed by atoms with Crippen LogP contribution in [0.1, 0.15) is 41.5 Å². The summed E-state index contributed by atoms with van der Waals surface area (Å²) in [5.74, 6) is -0.910. The summed E-state index contributed by atoms with van der Waals surface area (Å²) in [4.78, 5) is 11.3. The summed E-state index contributed by atoms with van der Waals surface area (Å²) < 4.78 is 1.86. The second kappa shape index (κ2) is 4.88. The molecule has 2 aromatic rings. The number of carbonyl (C=O) groups is 1. The third-order valence-corrected chi connectivity index (χ3v) is 3.14. The van der Waals surface area contributed by atoms with Crippen LogP contribution in [-0.2, 0) is 0 Å². The number of nitrogens with zero attached hydrogens (tertiary/aromatic N) is 2. The summed E-state index contributed by atoms with van der Waals surface area (Å²) >= 11 is 0. The zero-order valence-electron chi connectivity index (χ0n) is 11.6. The molecule has 4 heteroatoms. The lowest BCUT2D eigenvalue weighted by Crippen LogP contribution is -2.01. The largest absolute Gasteiger partial charge is 0.478 e. The van der Waals surface area contributed by atoms with Crippen LogP contribution in [0, 0.1) is 13.8 Å². The maximum atomic E-state index is 11.3. The highest BCUT2D eigenvalue weighted by atomic mass is 16.4. The van der Waals surface area contributed by atoms with Gasteiger partial charge >= 0.3 is 5.97 Å². The lowest BCUT2D eigenvalue weighted by Gasteiger charge is -2.06. The topological polar surface area (TPSA) is 55.1 Å². The van der Waals surface area contributed by atoms with Gasteiger partial charge in [0.25, 0.3) is 0 Å². The van der Waals surface area contributed by atoms with E-state index >= 15 is 0 Å². The molecule has 0 fully saturated rings. The van der Waals surface area contributed by atoms with Crippen molar-refractivity contribution in [3.8, 4) is 11.1 Å². The number of aryl methyl sites for hydroxylation is 2. The Balaban J connectivity index is 2.64. The zero-order chi connectivity index (χ0) is 14.2. The zero-order valence-corrected chi connectivity index (χ0v) is 11.6. The Labute approximate surface area is 112 Å². The molecule has 19 heavy (non-hydrogen) atoms. The van der Waals surface area contributed by atoms with E-state index in [-0.39, 0.29) is 6.04 Å². The first kappa shape index (κ1) is 13.3. The maximum Gasteiger partial charge on any atom is 0.336 e. The summed E-state index contributed by atoms with van der Waals surface area (Å²) in [5, 5.41) is 13.7. The second-order valence-corrected chi connectivity index (χ2v) is 5.06. The van der Waals surface area contributed by atoms with Gasteiger partial charge in [-0.1, -0.05) is 17.7 Å². The van der Waals surface area contributed by atoms with Crippen LogP contribution in [0.4, 0.5) is 0 Å². The van der Waals surface area contributed by atoms with Crippen LogP contribution in [0.5, 0.6) is 0 Å². The Kier molecular flexibility index (Phi) is 3.42. The highest BCUT2D eigenvalue weighted by molar-refractivity contribution is 5.96. The van der Waals surface area contributed by atoms with Crippen LogP contribution in [0.15, 0.2) is 24.4 Å². The molecule has 0 atom stereocenters. The van der Waals surface area contributed by atoms with E-state index in [1.807, 2.05) is 50.7 Å². The standard InChI is InChI=1S/C15H18N2O2/c1-9(2)17-8-14(11(4)16-17)13-7-10(3)5-6-12(13)15(18)19/h5-9H,1-4H3,(H,18,19). The average Bonchev–Trinajstić information content (AvgIpc) is 2.71. The van der Waals surface area contributed by atoms with Crippen molar-refractivity contribution in [1.82, 2.24) is 9.78 Å². The molecule has 1 aromatic carbocycles. The van der Waals surface area contributed by atoms with Crippen LogP contribution < -0.4 is 0 Å². The smallest absolute Gasteiger partial charge is 0.336 e. The molecule has 0 aliphatic heterocycles. The fraction of sp³-hybridized carbons (Fsp3) is 0.333. The average molecular weight is 258 g/mol. The maximum absolute atomic E-state index is 11.3. The summed E-state index contributed by atoms with van der Waals surface area (Å²) in [5.41, 5.74) is 3.82. The molecule has 0 spiro atoms. The molecule has 0 saturated carbocycles. The number of carboxylic acids is 1. The van der Waals surface area contributed by atoms with Crippen molar-refractivity contribution in [2.24, 2.45) is 0 Å². The Morgan fingerprint density at radius 1 is 1.26 bits per heavy atom.